The van der Waals surface area contributed by atoms with Crippen molar-refractivity contribution in [3.05, 3.63) is 0 Å². The average Bonchev–Trinajstić information content (AvgIpc) is 2.02. The van der Waals surface area contributed by atoms with Crippen molar-refractivity contribution in [3.8, 4) is 0 Å². The fourth-order valence-corrected chi connectivity index (χ4v) is 2.04. The van der Waals surface area contributed by atoms with Crippen molar-refractivity contribution in [1.29, 1.82) is 0 Å². The van der Waals surface area contributed by atoms with E-state index < -0.39 is 6.05 Å². The molecular weight excluding hydrogens is 196 g/mol. The molecule has 0 radical (unpaired) electrons. The van der Waals surface area contributed by atoms with Crippen LogP contribution >= 0.6 is 0 Å². The molecule has 1 nitrogen and oxygen atoms in total. The van der Waals surface area contributed by atoms with Gasteiger partial charge in [-0.15, -0.1) is 0 Å². The van der Waals surface area contributed by atoms with E-state index in [2.05, 4.69) is 26.1 Å². The summed E-state index contributed by atoms with van der Waals surface area (Å²) in [4.78, 5) is 0. The molecule has 0 spiro atoms. The van der Waals surface area contributed by atoms with Gasteiger partial charge in [0.05, 0.1) is 0 Å². The van der Waals surface area contributed by atoms with Gasteiger partial charge in [0.15, 0.2) is 0 Å². The smallest absolute Gasteiger partial charge is 0.258 e. The maximum absolute atomic E-state index is 12.9. The molecule has 1 saturated heterocycles. The van der Waals surface area contributed by atoms with E-state index in [1.807, 2.05) is 13.8 Å². The highest BCUT2D eigenvalue weighted by molar-refractivity contribution is 4.80. The molecule has 15 heavy (non-hydrogen) atoms. The van der Waals surface area contributed by atoms with E-state index in [0.717, 1.165) is 12.8 Å². The lowest BCUT2D eigenvalue weighted by molar-refractivity contribution is -0.0786. The van der Waals surface area contributed by atoms with Crippen molar-refractivity contribution in [2.75, 3.05) is 6.54 Å². The standard InChI is InChI=1S/C10H19F2N.C2H6/c1-9(2,3)6-8-4-5-13-10(11,12)7-8;1-2/h8,13H,4-7H2,1-3H3;1-2H3. The summed E-state index contributed by atoms with van der Waals surface area (Å²) in [5.74, 6) is 0.177. The zero-order valence-corrected chi connectivity index (χ0v) is 10.7. The lowest BCUT2D eigenvalue weighted by Crippen LogP contribution is -2.44. The highest BCUT2D eigenvalue weighted by atomic mass is 19.3. The Morgan fingerprint density at radius 1 is 1.27 bits per heavy atom. The molecule has 1 fully saturated rings. The molecule has 92 valence electrons. The summed E-state index contributed by atoms with van der Waals surface area (Å²) >= 11 is 0. The Labute approximate surface area is 92.6 Å². The van der Waals surface area contributed by atoms with E-state index >= 15 is 0 Å². The average molecular weight is 221 g/mol. The van der Waals surface area contributed by atoms with Gasteiger partial charge in [-0.3, -0.25) is 5.32 Å². The number of hydrogen-bond acceptors (Lipinski definition) is 1. The van der Waals surface area contributed by atoms with E-state index in [1.54, 1.807) is 0 Å². The summed E-state index contributed by atoms with van der Waals surface area (Å²) in [5, 5.41) is 2.24. The van der Waals surface area contributed by atoms with Gasteiger partial charge in [0, 0.05) is 13.0 Å². The van der Waals surface area contributed by atoms with Gasteiger partial charge >= 0.3 is 6.05 Å². The third-order valence-corrected chi connectivity index (χ3v) is 2.38. The molecule has 1 rings (SSSR count). The number of hydrogen-bond donors (Lipinski definition) is 1. The van der Waals surface area contributed by atoms with Gasteiger partial charge in [-0.1, -0.05) is 34.6 Å². The lowest BCUT2D eigenvalue weighted by atomic mass is 9.80. The quantitative estimate of drug-likeness (QED) is 0.659. The van der Waals surface area contributed by atoms with E-state index in [-0.39, 0.29) is 17.8 Å². The molecule has 0 aromatic rings. The van der Waals surface area contributed by atoms with Crippen LogP contribution in [0.1, 0.15) is 53.9 Å². The van der Waals surface area contributed by atoms with Gasteiger partial charge in [-0.2, -0.15) is 8.78 Å². The van der Waals surface area contributed by atoms with Crippen molar-refractivity contribution in [2.45, 2.75) is 59.9 Å². The number of halogens is 2. The molecule has 1 unspecified atom stereocenters. The van der Waals surface area contributed by atoms with Crippen LogP contribution in [0.3, 0.4) is 0 Å². The number of piperidine rings is 1. The van der Waals surface area contributed by atoms with Gasteiger partial charge in [-0.25, -0.2) is 0 Å². The molecular formula is C12H25F2N. The monoisotopic (exact) mass is 221 g/mol. The highest BCUT2D eigenvalue weighted by Crippen LogP contribution is 2.35. The highest BCUT2D eigenvalue weighted by Gasteiger charge is 2.36. The Balaban J connectivity index is 0.000000921. The third-order valence-electron chi connectivity index (χ3n) is 2.38. The first kappa shape index (κ1) is 14.8. The minimum Gasteiger partial charge on any atom is -0.258 e. The second-order valence-electron chi connectivity index (χ2n) is 5.25. The molecule has 1 aliphatic heterocycles. The van der Waals surface area contributed by atoms with Crippen LogP contribution in [0.15, 0.2) is 0 Å². The zero-order chi connectivity index (χ0) is 12.1. The number of alkyl halides is 2. The van der Waals surface area contributed by atoms with Crippen LogP contribution in [0.4, 0.5) is 8.78 Å². The lowest BCUT2D eigenvalue weighted by Gasteiger charge is -2.33. The van der Waals surface area contributed by atoms with E-state index in [1.165, 1.54) is 0 Å². The Morgan fingerprint density at radius 3 is 2.20 bits per heavy atom. The largest absolute Gasteiger partial charge is 0.302 e. The first-order chi connectivity index (χ1) is 6.79. The Hall–Kier alpha value is -0.180. The van der Waals surface area contributed by atoms with Gasteiger partial charge in [0.2, 0.25) is 0 Å². The second-order valence-corrected chi connectivity index (χ2v) is 5.25. The molecule has 1 heterocycles. The predicted molar refractivity (Wildman–Crippen MR) is 61.1 cm³/mol. The minimum atomic E-state index is -2.63. The van der Waals surface area contributed by atoms with Crippen molar-refractivity contribution in [2.24, 2.45) is 11.3 Å². The molecule has 0 bridgehead atoms. The minimum absolute atomic E-state index is 0.00424. The van der Waals surface area contributed by atoms with Crippen molar-refractivity contribution < 1.29 is 8.78 Å². The summed E-state index contributed by atoms with van der Waals surface area (Å²) in [5.41, 5.74) is 0.165. The van der Waals surface area contributed by atoms with Crippen molar-refractivity contribution in [1.82, 2.24) is 5.32 Å². The predicted octanol–water partition coefficient (Wildman–Crippen LogP) is 4.04. The second kappa shape index (κ2) is 5.78. The molecule has 1 N–H and O–H groups in total. The van der Waals surface area contributed by atoms with E-state index in [4.69, 9.17) is 0 Å². The molecule has 3 heteroatoms. The molecule has 0 aromatic heterocycles. The van der Waals surface area contributed by atoms with Crippen molar-refractivity contribution >= 4 is 0 Å². The fourth-order valence-electron chi connectivity index (χ4n) is 2.04. The molecule has 1 aliphatic rings. The van der Waals surface area contributed by atoms with Crippen LogP contribution in [0.5, 0.6) is 0 Å². The van der Waals surface area contributed by atoms with Crippen LogP contribution in [-0.4, -0.2) is 12.6 Å². The van der Waals surface area contributed by atoms with Gasteiger partial charge in [0.1, 0.15) is 0 Å². The zero-order valence-electron chi connectivity index (χ0n) is 10.7. The van der Waals surface area contributed by atoms with Crippen LogP contribution in [0.2, 0.25) is 0 Å². The Bertz CT molecular complexity index is 171. The molecule has 0 amide bonds. The first-order valence-electron chi connectivity index (χ1n) is 5.91. The Morgan fingerprint density at radius 2 is 1.80 bits per heavy atom. The van der Waals surface area contributed by atoms with Crippen LogP contribution in [0, 0.1) is 11.3 Å². The van der Waals surface area contributed by atoms with Gasteiger partial charge < -0.3 is 0 Å². The topological polar surface area (TPSA) is 12.0 Å². The molecule has 0 aromatic carbocycles. The van der Waals surface area contributed by atoms with Gasteiger partial charge in [-0.05, 0) is 24.2 Å². The summed E-state index contributed by atoms with van der Waals surface area (Å²) in [6.45, 7) is 10.8. The normalized spacial score (nSPS) is 25.4. The van der Waals surface area contributed by atoms with Crippen LogP contribution in [-0.2, 0) is 0 Å². The fraction of sp³-hybridized carbons (Fsp3) is 1.00. The van der Waals surface area contributed by atoms with Gasteiger partial charge in [0.25, 0.3) is 0 Å². The van der Waals surface area contributed by atoms with Crippen LogP contribution < -0.4 is 5.32 Å². The summed E-state index contributed by atoms with van der Waals surface area (Å²) in [6, 6.07) is -2.63. The SMILES string of the molecule is CC.CC(C)(C)CC1CCNC(F)(F)C1. The van der Waals surface area contributed by atoms with E-state index in [9.17, 15) is 8.78 Å². The van der Waals surface area contributed by atoms with Crippen LogP contribution in [0.25, 0.3) is 0 Å². The summed E-state index contributed by atoms with van der Waals surface area (Å²) < 4.78 is 25.8. The number of nitrogens with one attached hydrogen (secondary N) is 1. The Kier molecular flexibility index (Phi) is 5.71. The molecule has 0 saturated carbocycles. The first-order valence-corrected chi connectivity index (χ1v) is 5.91. The summed E-state index contributed by atoms with van der Waals surface area (Å²) in [7, 11) is 0. The number of rotatable bonds is 1. The van der Waals surface area contributed by atoms with E-state index in [0.29, 0.717) is 6.54 Å². The molecule has 1 atom stereocenters. The molecule has 0 aliphatic carbocycles. The maximum atomic E-state index is 12.9. The summed E-state index contributed by atoms with van der Waals surface area (Å²) in [6.07, 6.45) is 1.78. The maximum Gasteiger partial charge on any atom is 0.302 e. The van der Waals surface area contributed by atoms with Crippen molar-refractivity contribution in [3.63, 3.8) is 0 Å². The third kappa shape index (κ3) is 6.82.